The lowest BCUT2D eigenvalue weighted by Gasteiger charge is -2.29. The Balaban J connectivity index is 2.18. The van der Waals surface area contributed by atoms with Gasteiger partial charge in [-0.15, -0.1) is 0 Å². The fraction of sp³-hybridized carbons (Fsp3) is 0.588. The van der Waals surface area contributed by atoms with E-state index in [1.807, 2.05) is 31.2 Å². The highest BCUT2D eigenvalue weighted by Gasteiger charge is 2.38. The largest absolute Gasteiger partial charge is 0.494 e. The summed E-state index contributed by atoms with van der Waals surface area (Å²) in [7, 11) is 1.66. The van der Waals surface area contributed by atoms with Crippen molar-refractivity contribution in [2.24, 2.45) is 0 Å². The van der Waals surface area contributed by atoms with Crippen LogP contribution in [-0.4, -0.2) is 25.1 Å². The Morgan fingerprint density at radius 3 is 2.20 bits per heavy atom. The Bertz CT molecular complexity index is 428. The number of ketones is 1. The fourth-order valence-electron chi connectivity index (χ4n) is 2.96. The zero-order valence-electron chi connectivity index (χ0n) is 12.5. The quantitative estimate of drug-likeness (QED) is 0.602. The molecule has 0 aromatic heterocycles. The van der Waals surface area contributed by atoms with Crippen LogP contribution in [0, 0.1) is 0 Å². The van der Waals surface area contributed by atoms with Crippen LogP contribution in [0.4, 0.5) is 0 Å². The average molecular weight is 276 g/mol. The Labute approximate surface area is 121 Å². The van der Waals surface area contributed by atoms with E-state index in [2.05, 4.69) is 0 Å². The van der Waals surface area contributed by atoms with Crippen molar-refractivity contribution >= 4 is 5.78 Å². The Hall–Kier alpha value is -1.35. The van der Waals surface area contributed by atoms with Crippen LogP contribution >= 0.6 is 0 Å². The van der Waals surface area contributed by atoms with E-state index in [0.29, 0.717) is 6.61 Å². The van der Waals surface area contributed by atoms with E-state index in [9.17, 15) is 4.79 Å². The van der Waals surface area contributed by atoms with E-state index in [4.69, 9.17) is 9.47 Å². The van der Waals surface area contributed by atoms with Crippen LogP contribution in [-0.2, 0) is 4.74 Å². The maximum Gasteiger partial charge on any atom is 0.194 e. The van der Waals surface area contributed by atoms with Crippen LogP contribution in [0.2, 0.25) is 0 Å². The van der Waals surface area contributed by atoms with Gasteiger partial charge in [0, 0.05) is 12.7 Å². The van der Waals surface area contributed by atoms with Crippen molar-refractivity contribution in [2.45, 2.75) is 51.0 Å². The van der Waals surface area contributed by atoms with Crippen LogP contribution in [0.3, 0.4) is 0 Å². The second kappa shape index (κ2) is 6.89. The number of ether oxygens (including phenoxy) is 2. The minimum absolute atomic E-state index is 0.116. The van der Waals surface area contributed by atoms with Crippen molar-refractivity contribution in [1.29, 1.82) is 0 Å². The highest BCUT2D eigenvalue weighted by Crippen LogP contribution is 2.33. The van der Waals surface area contributed by atoms with Crippen molar-refractivity contribution in [2.75, 3.05) is 13.7 Å². The summed E-state index contributed by atoms with van der Waals surface area (Å²) in [4.78, 5) is 12.8. The van der Waals surface area contributed by atoms with E-state index in [-0.39, 0.29) is 5.78 Å². The SMILES string of the molecule is CCOc1ccc(C(=O)C2(OC)CCCCCC2)cc1. The van der Waals surface area contributed by atoms with Crippen LogP contribution in [0.25, 0.3) is 0 Å². The molecule has 0 saturated heterocycles. The Morgan fingerprint density at radius 1 is 1.10 bits per heavy atom. The van der Waals surface area contributed by atoms with E-state index in [0.717, 1.165) is 37.0 Å². The Morgan fingerprint density at radius 2 is 1.70 bits per heavy atom. The van der Waals surface area contributed by atoms with Gasteiger partial charge in [0.25, 0.3) is 0 Å². The van der Waals surface area contributed by atoms with Crippen LogP contribution in [0.15, 0.2) is 24.3 Å². The number of carbonyl (C=O) groups is 1. The van der Waals surface area contributed by atoms with Gasteiger partial charge in [0.05, 0.1) is 6.61 Å². The van der Waals surface area contributed by atoms with Gasteiger partial charge in [-0.3, -0.25) is 4.79 Å². The summed E-state index contributed by atoms with van der Waals surface area (Å²) in [5.74, 6) is 0.918. The molecule has 1 aromatic carbocycles. The molecule has 0 aliphatic heterocycles. The van der Waals surface area contributed by atoms with E-state index in [1.54, 1.807) is 7.11 Å². The highest BCUT2D eigenvalue weighted by atomic mass is 16.5. The van der Waals surface area contributed by atoms with Crippen molar-refractivity contribution in [3.63, 3.8) is 0 Å². The van der Waals surface area contributed by atoms with Crippen molar-refractivity contribution in [3.05, 3.63) is 29.8 Å². The molecule has 0 heterocycles. The molecule has 0 atom stereocenters. The molecule has 3 nitrogen and oxygen atoms in total. The first kappa shape index (κ1) is 15.0. The topological polar surface area (TPSA) is 35.5 Å². The van der Waals surface area contributed by atoms with E-state index < -0.39 is 5.60 Å². The Kier molecular flexibility index (Phi) is 5.18. The number of benzene rings is 1. The van der Waals surface area contributed by atoms with E-state index >= 15 is 0 Å². The summed E-state index contributed by atoms with van der Waals surface area (Å²) in [6.07, 6.45) is 6.18. The maximum atomic E-state index is 12.8. The standard InChI is InChI=1S/C17H24O3/c1-3-20-15-10-8-14(9-11-15)16(18)17(19-2)12-6-4-5-7-13-17/h8-11H,3-7,12-13H2,1-2H3. The lowest BCUT2D eigenvalue weighted by molar-refractivity contribution is -0.00692. The summed E-state index contributed by atoms with van der Waals surface area (Å²) >= 11 is 0. The molecule has 1 fully saturated rings. The number of hydrogen-bond acceptors (Lipinski definition) is 3. The predicted molar refractivity (Wildman–Crippen MR) is 79.4 cm³/mol. The number of hydrogen-bond donors (Lipinski definition) is 0. The first-order chi connectivity index (χ1) is 9.72. The van der Waals surface area contributed by atoms with Gasteiger partial charge in [-0.1, -0.05) is 25.7 Å². The molecule has 0 unspecified atom stereocenters. The maximum absolute atomic E-state index is 12.8. The van der Waals surface area contributed by atoms with Crippen LogP contribution < -0.4 is 4.74 Å². The van der Waals surface area contributed by atoms with Gasteiger partial charge in [0.2, 0.25) is 0 Å². The molecular weight excluding hydrogens is 252 g/mol. The zero-order chi connectivity index (χ0) is 14.4. The third-order valence-electron chi connectivity index (χ3n) is 4.14. The molecule has 0 N–H and O–H groups in total. The zero-order valence-corrected chi connectivity index (χ0v) is 12.5. The van der Waals surface area contributed by atoms with Crippen molar-refractivity contribution < 1.29 is 14.3 Å². The molecule has 1 aliphatic rings. The van der Waals surface area contributed by atoms with E-state index in [1.165, 1.54) is 12.8 Å². The molecule has 1 aliphatic carbocycles. The molecular formula is C17H24O3. The second-order valence-electron chi connectivity index (χ2n) is 5.40. The third kappa shape index (κ3) is 3.21. The summed E-state index contributed by atoms with van der Waals surface area (Å²) in [5, 5.41) is 0. The first-order valence-corrected chi connectivity index (χ1v) is 7.54. The number of rotatable bonds is 5. The van der Waals surface area contributed by atoms with Crippen molar-refractivity contribution in [3.8, 4) is 5.75 Å². The molecule has 3 heteroatoms. The third-order valence-corrected chi connectivity index (χ3v) is 4.14. The van der Waals surface area contributed by atoms with Gasteiger partial charge in [0.1, 0.15) is 11.4 Å². The monoisotopic (exact) mass is 276 g/mol. The molecule has 0 spiro atoms. The first-order valence-electron chi connectivity index (χ1n) is 7.54. The summed E-state index contributed by atoms with van der Waals surface area (Å²) in [6.45, 7) is 2.58. The molecule has 2 rings (SSSR count). The average Bonchev–Trinajstić information content (AvgIpc) is 2.74. The smallest absolute Gasteiger partial charge is 0.194 e. The number of carbonyl (C=O) groups excluding carboxylic acids is 1. The van der Waals surface area contributed by atoms with Crippen molar-refractivity contribution in [1.82, 2.24) is 0 Å². The van der Waals surface area contributed by atoms with Crippen LogP contribution in [0.1, 0.15) is 55.8 Å². The number of methoxy groups -OCH3 is 1. The van der Waals surface area contributed by atoms with Gasteiger partial charge in [0.15, 0.2) is 5.78 Å². The molecule has 0 bridgehead atoms. The van der Waals surface area contributed by atoms with Gasteiger partial charge in [-0.05, 0) is 44.0 Å². The molecule has 1 saturated carbocycles. The second-order valence-corrected chi connectivity index (χ2v) is 5.40. The fourth-order valence-corrected chi connectivity index (χ4v) is 2.96. The van der Waals surface area contributed by atoms with Gasteiger partial charge in [-0.25, -0.2) is 0 Å². The highest BCUT2D eigenvalue weighted by molar-refractivity contribution is 6.02. The predicted octanol–water partition coefficient (Wildman–Crippen LogP) is 4.01. The minimum atomic E-state index is -0.621. The number of Topliss-reactive ketones (excluding diaryl/α,β-unsaturated/α-hetero) is 1. The molecule has 0 amide bonds. The molecule has 20 heavy (non-hydrogen) atoms. The lowest BCUT2D eigenvalue weighted by atomic mass is 9.86. The molecule has 110 valence electrons. The summed E-state index contributed by atoms with van der Waals surface area (Å²) < 4.78 is 11.1. The molecule has 1 aromatic rings. The minimum Gasteiger partial charge on any atom is -0.494 e. The van der Waals surface area contributed by atoms with Gasteiger partial charge in [-0.2, -0.15) is 0 Å². The lowest BCUT2D eigenvalue weighted by Crippen LogP contribution is -2.40. The molecule has 0 radical (unpaired) electrons. The normalized spacial score (nSPS) is 18.3. The van der Waals surface area contributed by atoms with Crippen LogP contribution in [0.5, 0.6) is 5.75 Å². The summed E-state index contributed by atoms with van der Waals surface area (Å²) in [6, 6.07) is 7.41. The summed E-state index contributed by atoms with van der Waals surface area (Å²) in [5.41, 5.74) is 0.0982. The van der Waals surface area contributed by atoms with Gasteiger partial charge >= 0.3 is 0 Å². The van der Waals surface area contributed by atoms with Gasteiger partial charge < -0.3 is 9.47 Å².